The molecular formula is C12H15N3O3. The summed E-state index contributed by atoms with van der Waals surface area (Å²) in [5.41, 5.74) is 0.866. The van der Waals surface area contributed by atoms with Crippen LogP contribution in [0.15, 0.2) is 18.2 Å². The highest BCUT2D eigenvalue weighted by atomic mass is 16.6. The van der Waals surface area contributed by atoms with Gasteiger partial charge in [0.15, 0.2) is 0 Å². The van der Waals surface area contributed by atoms with Gasteiger partial charge in [-0.05, 0) is 26.0 Å². The lowest BCUT2D eigenvalue weighted by Crippen LogP contribution is -2.36. The highest BCUT2D eigenvalue weighted by Gasteiger charge is 2.19. The van der Waals surface area contributed by atoms with Crippen molar-refractivity contribution in [2.45, 2.75) is 19.4 Å². The molecule has 2 rings (SSSR count). The maximum Gasteiger partial charge on any atom is 0.273 e. The Morgan fingerprint density at radius 2 is 2.33 bits per heavy atom. The van der Waals surface area contributed by atoms with Crippen molar-refractivity contribution < 1.29 is 9.72 Å². The van der Waals surface area contributed by atoms with Crippen LogP contribution in [0.25, 0.3) is 0 Å². The molecule has 6 heteroatoms. The number of nitro benzene ring substituents is 1. The Morgan fingerprint density at radius 3 is 2.94 bits per heavy atom. The summed E-state index contributed by atoms with van der Waals surface area (Å²) >= 11 is 0. The smallest absolute Gasteiger partial charge is 0.273 e. The fourth-order valence-corrected chi connectivity index (χ4v) is 1.99. The lowest BCUT2D eigenvalue weighted by atomic mass is 10.1. The van der Waals surface area contributed by atoms with Crippen molar-refractivity contribution in [1.29, 1.82) is 0 Å². The second-order valence-corrected chi connectivity index (χ2v) is 4.42. The molecule has 0 aliphatic carbocycles. The van der Waals surface area contributed by atoms with Crippen LogP contribution < -0.4 is 10.6 Å². The summed E-state index contributed by atoms with van der Waals surface area (Å²) in [5.74, 6) is -0.258. The first-order valence-corrected chi connectivity index (χ1v) is 5.84. The van der Waals surface area contributed by atoms with Crippen molar-refractivity contribution in [3.05, 3.63) is 39.4 Å². The Bertz CT molecular complexity index is 481. The topological polar surface area (TPSA) is 84.3 Å². The predicted molar refractivity (Wildman–Crippen MR) is 66.6 cm³/mol. The van der Waals surface area contributed by atoms with Crippen molar-refractivity contribution in [3.63, 3.8) is 0 Å². The first kappa shape index (κ1) is 12.5. The lowest BCUT2D eigenvalue weighted by molar-refractivity contribution is -0.385. The Kier molecular flexibility index (Phi) is 3.57. The molecule has 0 aromatic heterocycles. The minimum Gasteiger partial charge on any atom is -0.348 e. The number of carbonyl (C=O) groups excluding carboxylic acids is 1. The number of aryl methyl sites for hydroxylation is 1. The lowest BCUT2D eigenvalue weighted by Gasteiger charge is -2.11. The number of hydrogen-bond donors (Lipinski definition) is 2. The summed E-state index contributed by atoms with van der Waals surface area (Å²) in [6, 6.07) is 4.64. The van der Waals surface area contributed by atoms with E-state index in [0.717, 1.165) is 19.5 Å². The Hall–Kier alpha value is -1.95. The van der Waals surface area contributed by atoms with Crippen LogP contribution in [0.4, 0.5) is 5.69 Å². The third-order valence-corrected chi connectivity index (χ3v) is 3.06. The van der Waals surface area contributed by atoms with Crippen LogP contribution in [-0.4, -0.2) is 30.0 Å². The zero-order chi connectivity index (χ0) is 13.1. The molecule has 1 fully saturated rings. The molecule has 2 N–H and O–H groups in total. The largest absolute Gasteiger partial charge is 0.348 e. The second kappa shape index (κ2) is 5.14. The number of carbonyl (C=O) groups is 1. The van der Waals surface area contributed by atoms with Crippen molar-refractivity contribution in [2.75, 3.05) is 13.1 Å². The average Bonchev–Trinajstić information content (AvgIpc) is 2.81. The van der Waals surface area contributed by atoms with E-state index >= 15 is 0 Å². The Morgan fingerprint density at radius 1 is 1.56 bits per heavy atom. The molecule has 1 unspecified atom stereocenters. The second-order valence-electron chi connectivity index (χ2n) is 4.42. The molecule has 0 saturated carbocycles. The van der Waals surface area contributed by atoms with Crippen LogP contribution in [0, 0.1) is 17.0 Å². The van der Waals surface area contributed by atoms with Crippen LogP contribution in [0.1, 0.15) is 22.3 Å². The molecule has 1 saturated heterocycles. The molecule has 1 amide bonds. The normalized spacial score (nSPS) is 18.6. The fourth-order valence-electron chi connectivity index (χ4n) is 1.99. The van der Waals surface area contributed by atoms with Crippen LogP contribution in [0.3, 0.4) is 0 Å². The monoisotopic (exact) mass is 249 g/mol. The summed E-state index contributed by atoms with van der Waals surface area (Å²) in [5, 5.41) is 16.8. The van der Waals surface area contributed by atoms with E-state index in [9.17, 15) is 14.9 Å². The summed E-state index contributed by atoms with van der Waals surface area (Å²) in [4.78, 5) is 22.3. The zero-order valence-electron chi connectivity index (χ0n) is 10.1. The SMILES string of the molecule is Cc1ccc(C(=O)NC2CCNC2)cc1[N+](=O)[O-]. The Labute approximate surface area is 105 Å². The van der Waals surface area contributed by atoms with E-state index in [2.05, 4.69) is 10.6 Å². The van der Waals surface area contributed by atoms with Gasteiger partial charge < -0.3 is 10.6 Å². The van der Waals surface area contributed by atoms with Gasteiger partial charge in [-0.25, -0.2) is 0 Å². The van der Waals surface area contributed by atoms with Gasteiger partial charge in [0.2, 0.25) is 0 Å². The molecule has 18 heavy (non-hydrogen) atoms. The number of amides is 1. The Balaban J connectivity index is 2.14. The van der Waals surface area contributed by atoms with Gasteiger partial charge in [0, 0.05) is 29.8 Å². The molecule has 0 spiro atoms. The highest BCUT2D eigenvalue weighted by molar-refractivity contribution is 5.95. The van der Waals surface area contributed by atoms with Crippen molar-refractivity contribution >= 4 is 11.6 Å². The number of rotatable bonds is 3. The van der Waals surface area contributed by atoms with E-state index in [4.69, 9.17) is 0 Å². The van der Waals surface area contributed by atoms with E-state index in [1.807, 2.05) is 0 Å². The summed E-state index contributed by atoms with van der Waals surface area (Å²) in [6.45, 7) is 3.29. The van der Waals surface area contributed by atoms with Crippen molar-refractivity contribution in [1.82, 2.24) is 10.6 Å². The molecule has 1 atom stereocenters. The number of benzene rings is 1. The molecule has 1 aromatic carbocycles. The van der Waals surface area contributed by atoms with Crippen LogP contribution >= 0.6 is 0 Å². The van der Waals surface area contributed by atoms with Gasteiger partial charge >= 0.3 is 0 Å². The van der Waals surface area contributed by atoms with Gasteiger partial charge in [-0.2, -0.15) is 0 Å². The van der Waals surface area contributed by atoms with Gasteiger partial charge in [0.25, 0.3) is 11.6 Å². The first-order valence-electron chi connectivity index (χ1n) is 5.84. The van der Waals surface area contributed by atoms with Crippen LogP contribution in [0.2, 0.25) is 0 Å². The molecule has 0 radical (unpaired) electrons. The number of nitrogens with zero attached hydrogens (tertiary/aromatic N) is 1. The van der Waals surface area contributed by atoms with Gasteiger partial charge in [-0.15, -0.1) is 0 Å². The van der Waals surface area contributed by atoms with Gasteiger partial charge in [-0.1, -0.05) is 6.07 Å². The third-order valence-electron chi connectivity index (χ3n) is 3.06. The van der Waals surface area contributed by atoms with E-state index in [1.54, 1.807) is 19.1 Å². The van der Waals surface area contributed by atoms with E-state index < -0.39 is 4.92 Å². The number of nitrogens with one attached hydrogen (secondary N) is 2. The quantitative estimate of drug-likeness (QED) is 0.618. The van der Waals surface area contributed by atoms with E-state index in [1.165, 1.54) is 6.07 Å². The molecule has 1 aliphatic rings. The summed E-state index contributed by atoms with van der Waals surface area (Å²) in [7, 11) is 0. The van der Waals surface area contributed by atoms with Crippen molar-refractivity contribution in [2.24, 2.45) is 0 Å². The maximum atomic E-state index is 11.9. The number of hydrogen-bond acceptors (Lipinski definition) is 4. The molecule has 1 heterocycles. The van der Waals surface area contributed by atoms with Gasteiger partial charge in [0.05, 0.1) is 4.92 Å². The minimum absolute atomic E-state index is 0.0211. The average molecular weight is 249 g/mol. The van der Waals surface area contributed by atoms with Crippen LogP contribution in [0.5, 0.6) is 0 Å². The molecule has 96 valence electrons. The van der Waals surface area contributed by atoms with Gasteiger partial charge in [0.1, 0.15) is 0 Å². The molecular weight excluding hydrogens is 234 g/mol. The first-order chi connectivity index (χ1) is 8.58. The zero-order valence-corrected chi connectivity index (χ0v) is 10.1. The van der Waals surface area contributed by atoms with E-state index in [0.29, 0.717) is 11.1 Å². The van der Waals surface area contributed by atoms with Crippen molar-refractivity contribution in [3.8, 4) is 0 Å². The standard InChI is InChI=1S/C12H15N3O3/c1-8-2-3-9(6-11(8)15(17)18)12(16)14-10-4-5-13-7-10/h2-3,6,10,13H,4-5,7H2,1H3,(H,14,16). The fraction of sp³-hybridized carbons (Fsp3) is 0.417. The number of nitro groups is 1. The van der Waals surface area contributed by atoms with Gasteiger partial charge in [-0.3, -0.25) is 14.9 Å². The predicted octanol–water partition coefficient (Wildman–Crippen LogP) is 0.995. The third kappa shape index (κ3) is 2.65. The molecule has 1 aliphatic heterocycles. The maximum absolute atomic E-state index is 11.9. The van der Waals surface area contributed by atoms with E-state index in [-0.39, 0.29) is 17.6 Å². The summed E-state index contributed by atoms with van der Waals surface area (Å²) in [6.07, 6.45) is 0.889. The highest BCUT2D eigenvalue weighted by Crippen LogP contribution is 2.19. The minimum atomic E-state index is -0.469. The molecule has 0 bridgehead atoms. The molecule has 1 aromatic rings. The molecule has 6 nitrogen and oxygen atoms in total. The van der Waals surface area contributed by atoms with Crippen LogP contribution in [-0.2, 0) is 0 Å². The summed E-state index contributed by atoms with van der Waals surface area (Å²) < 4.78 is 0.